The Hall–Kier alpha value is -2.60. The van der Waals surface area contributed by atoms with E-state index in [1.807, 2.05) is 49.4 Å². The molecule has 0 unspecified atom stereocenters. The molecule has 0 aliphatic rings. The van der Waals surface area contributed by atoms with Crippen LogP contribution in [0.3, 0.4) is 0 Å². The fraction of sp³-hybridized carbons (Fsp3) is 0.0833. The minimum absolute atomic E-state index is 0.263. The Morgan fingerprint density at radius 1 is 1.06 bits per heavy atom. The number of nitrogens with one attached hydrogen (secondary N) is 1. The third-order valence-corrected chi connectivity index (χ3v) is 6.34. The van der Waals surface area contributed by atoms with Crippen LogP contribution in [0.2, 0.25) is 10.0 Å². The zero-order chi connectivity index (χ0) is 22.0. The molecule has 4 nitrogen and oxygen atoms in total. The van der Waals surface area contributed by atoms with Gasteiger partial charge in [-0.15, -0.1) is 0 Å². The van der Waals surface area contributed by atoms with E-state index in [2.05, 4.69) is 37.1 Å². The van der Waals surface area contributed by atoms with Crippen molar-refractivity contribution in [3.8, 4) is 0 Å². The average Bonchev–Trinajstić information content (AvgIpc) is 3.02. The summed E-state index contributed by atoms with van der Waals surface area (Å²) in [6.07, 6.45) is 1.69. The van der Waals surface area contributed by atoms with Gasteiger partial charge >= 0.3 is 0 Å². The van der Waals surface area contributed by atoms with Gasteiger partial charge in [0.05, 0.1) is 16.3 Å². The SMILES string of the molecule is Cc1c(/C=N\NC(=O)c2ccc(Br)cc2)c2ccccc2n1Cc1ccc(Cl)c(Cl)c1. The lowest BCUT2D eigenvalue weighted by molar-refractivity contribution is 0.0955. The Kier molecular flexibility index (Phi) is 6.46. The Morgan fingerprint density at radius 3 is 2.55 bits per heavy atom. The van der Waals surface area contributed by atoms with Gasteiger partial charge < -0.3 is 4.57 Å². The van der Waals surface area contributed by atoms with Crippen molar-refractivity contribution in [1.29, 1.82) is 0 Å². The molecule has 0 bridgehead atoms. The summed E-state index contributed by atoms with van der Waals surface area (Å²) in [7, 11) is 0. The zero-order valence-corrected chi connectivity index (χ0v) is 19.7. The van der Waals surface area contributed by atoms with Crippen molar-refractivity contribution in [2.75, 3.05) is 0 Å². The van der Waals surface area contributed by atoms with Crippen LogP contribution in [-0.4, -0.2) is 16.7 Å². The molecular formula is C24H18BrCl2N3O. The third kappa shape index (κ3) is 4.69. The van der Waals surface area contributed by atoms with Crippen molar-refractivity contribution in [3.63, 3.8) is 0 Å². The van der Waals surface area contributed by atoms with Crippen molar-refractivity contribution < 1.29 is 4.79 Å². The molecule has 1 amide bonds. The number of amides is 1. The number of hydrogen-bond donors (Lipinski definition) is 1. The molecule has 31 heavy (non-hydrogen) atoms. The molecule has 7 heteroatoms. The van der Waals surface area contributed by atoms with E-state index in [9.17, 15) is 4.79 Å². The second-order valence-corrected chi connectivity index (χ2v) is 8.79. The zero-order valence-electron chi connectivity index (χ0n) is 16.6. The van der Waals surface area contributed by atoms with Gasteiger partial charge in [0.15, 0.2) is 0 Å². The van der Waals surface area contributed by atoms with Crippen molar-refractivity contribution in [3.05, 3.63) is 104 Å². The molecule has 1 N–H and O–H groups in total. The van der Waals surface area contributed by atoms with Gasteiger partial charge in [0, 0.05) is 38.7 Å². The van der Waals surface area contributed by atoms with Crippen LogP contribution >= 0.6 is 39.1 Å². The molecule has 0 saturated heterocycles. The highest BCUT2D eigenvalue weighted by Crippen LogP contribution is 2.28. The van der Waals surface area contributed by atoms with Crippen LogP contribution in [0.25, 0.3) is 10.9 Å². The largest absolute Gasteiger partial charge is 0.340 e. The highest BCUT2D eigenvalue weighted by molar-refractivity contribution is 9.10. The summed E-state index contributed by atoms with van der Waals surface area (Å²) in [6, 6.07) is 20.9. The van der Waals surface area contributed by atoms with Gasteiger partial charge in [-0.1, -0.05) is 63.4 Å². The topological polar surface area (TPSA) is 46.4 Å². The van der Waals surface area contributed by atoms with E-state index in [0.717, 1.165) is 32.2 Å². The van der Waals surface area contributed by atoms with E-state index in [-0.39, 0.29) is 5.91 Å². The summed E-state index contributed by atoms with van der Waals surface area (Å²) < 4.78 is 3.12. The molecular weight excluding hydrogens is 497 g/mol. The molecule has 3 aromatic carbocycles. The number of para-hydroxylation sites is 1. The summed E-state index contributed by atoms with van der Waals surface area (Å²) in [6.45, 7) is 2.68. The lowest BCUT2D eigenvalue weighted by Gasteiger charge is -2.09. The Balaban J connectivity index is 1.63. The van der Waals surface area contributed by atoms with Crippen molar-refractivity contribution in [2.45, 2.75) is 13.5 Å². The monoisotopic (exact) mass is 513 g/mol. The van der Waals surface area contributed by atoms with Crippen LogP contribution in [0.15, 0.2) is 76.3 Å². The molecule has 0 aliphatic carbocycles. The van der Waals surface area contributed by atoms with E-state index in [0.29, 0.717) is 22.2 Å². The average molecular weight is 515 g/mol. The van der Waals surface area contributed by atoms with Crippen LogP contribution in [0.5, 0.6) is 0 Å². The maximum absolute atomic E-state index is 12.3. The molecule has 156 valence electrons. The number of benzene rings is 3. The predicted octanol–water partition coefficient (Wildman–Crippen LogP) is 6.83. The van der Waals surface area contributed by atoms with Crippen molar-refractivity contribution >= 4 is 62.2 Å². The van der Waals surface area contributed by atoms with Gasteiger partial charge in [-0.2, -0.15) is 5.10 Å². The highest BCUT2D eigenvalue weighted by atomic mass is 79.9. The number of nitrogens with zero attached hydrogens (tertiary/aromatic N) is 2. The van der Waals surface area contributed by atoms with Gasteiger partial charge in [-0.25, -0.2) is 5.43 Å². The molecule has 0 aliphatic heterocycles. The summed E-state index contributed by atoms with van der Waals surface area (Å²) in [5.41, 5.74) is 7.26. The van der Waals surface area contributed by atoms with Gasteiger partial charge in [-0.05, 0) is 55.0 Å². The van der Waals surface area contributed by atoms with Crippen LogP contribution in [0, 0.1) is 6.92 Å². The number of fused-ring (bicyclic) bond motifs is 1. The molecule has 0 radical (unpaired) electrons. The first-order valence-corrected chi connectivity index (χ1v) is 11.1. The van der Waals surface area contributed by atoms with Crippen LogP contribution in [-0.2, 0) is 6.54 Å². The highest BCUT2D eigenvalue weighted by Gasteiger charge is 2.13. The second-order valence-electron chi connectivity index (χ2n) is 7.06. The van der Waals surface area contributed by atoms with Crippen LogP contribution in [0.4, 0.5) is 0 Å². The summed E-state index contributed by atoms with van der Waals surface area (Å²) in [5, 5.41) is 6.34. The van der Waals surface area contributed by atoms with Crippen molar-refractivity contribution in [2.24, 2.45) is 5.10 Å². The normalized spacial score (nSPS) is 11.4. The number of aromatic nitrogens is 1. The summed E-state index contributed by atoms with van der Waals surface area (Å²) >= 11 is 15.6. The molecule has 1 aromatic heterocycles. The minimum atomic E-state index is -0.263. The lowest BCUT2D eigenvalue weighted by atomic mass is 10.1. The number of carbonyl (C=O) groups excluding carboxylic acids is 1. The number of hydrazone groups is 1. The first-order valence-electron chi connectivity index (χ1n) is 9.55. The first kappa shape index (κ1) is 21.6. The summed E-state index contributed by atoms with van der Waals surface area (Å²) in [5.74, 6) is -0.263. The smallest absolute Gasteiger partial charge is 0.271 e. The second kappa shape index (κ2) is 9.27. The lowest BCUT2D eigenvalue weighted by Crippen LogP contribution is -2.17. The fourth-order valence-corrected chi connectivity index (χ4v) is 4.05. The quantitative estimate of drug-likeness (QED) is 0.230. The Morgan fingerprint density at radius 2 is 1.81 bits per heavy atom. The molecule has 4 rings (SSSR count). The van der Waals surface area contributed by atoms with E-state index in [1.165, 1.54) is 0 Å². The number of carbonyl (C=O) groups is 1. The fourth-order valence-electron chi connectivity index (χ4n) is 3.47. The molecule has 0 saturated carbocycles. The maximum Gasteiger partial charge on any atom is 0.271 e. The number of rotatable bonds is 5. The molecule has 4 aromatic rings. The number of halogens is 3. The van der Waals surface area contributed by atoms with Gasteiger partial charge in [0.2, 0.25) is 0 Å². The van der Waals surface area contributed by atoms with Gasteiger partial charge in [0.25, 0.3) is 5.91 Å². The van der Waals surface area contributed by atoms with E-state index >= 15 is 0 Å². The predicted molar refractivity (Wildman–Crippen MR) is 131 cm³/mol. The van der Waals surface area contributed by atoms with Crippen molar-refractivity contribution in [1.82, 2.24) is 9.99 Å². The van der Waals surface area contributed by atoms with Crippen LogP contribution in [0.1, 0.15) is 27.2 Å². The molecule has 0 atom stereocenters. The summed E-state index contributed by atoms with van der Waals surface area (Å²) in [4.78, 5) is 12.3. The molecule has 0 spiro atoms. The standard InChI is InChI=1S/C24H18BrCl2N3O/c1-15-20(13-28-29-24(31)17-7-9-18(25)10-8-17)19-4-2-3-5-23(19)30(15)14-16-6-11-21(26)22(27)12-16/h2-13H,14H2,1H3,(H,29,31)/b28-13-. The first-order chi connectivity index (χ1) is 14.9. The van der Waals surface area contributed by atoms with Gasteiger partial charge in [-0.3, -0.25) is 4.79 Å². The maximum atomic E-state index is 12.3. The molecule has 0 fully saturated rings. The Labute approximate surface area is 198 Å². The minimum Gasteiger partial charge on any atom is -0.340 e. The van der Waals surface area contributed by atoms with Crippen LogP contribution < -0.4 is 5.43 Å². The van der Waals surface area contributed by atoms with E-state index < -0.39 is 0 Å². The molecule has 1 heterocycles. The number of hydrogen-bond acceptors (Lipinski definition) is 2. The third-order valence-electron chi connectivity index (χ3n) is 5.07. The Bertz CT molecular complexity index is 1300. The van der Waals surface area contributed by atoms with Gasteiger partial charge in [0.1, 0.15) is 0 Å². The van der Waals surface area contributed by atoms with E-state index in [4.69, 9.17) is 23.2 Å². The van der Waals surface area contributed by atoms with E-state index in [1.54, 1.807) is 24.4 Å².